The molecule has 0 bridgehead atoms. The lowest BCUT2D eigenvalue weighted by Crippen LogP contribution is -2.42. The van der Waals surface area contributed by atoms with Gasteiger partial charge in [0.1, 0.15) is 4.83 Å². The Hall–Kier alpha value is -2.07. The summed E-state index contributed by atoms with van der Waals surface area (Å²) < 4.78 is 5.31. The second kappa shape index (κ2) is 7.98. The quantitative estimate of drug-likeness (QED) is 0.575. The minimum Gasteiger partial charge on any atom is -0.393 e. The summed E-state index contributed by atoms with van der Waals surface area (Å²) in [6.45, 7) is 1.27. The van der Waals surface area contributed by atoms with Crippen LogP contribution in [0.5, 0.6) is 0 Å². The van der Waals surface area contributed by atoms with E-state index in [-0.39, 0.29) is 24.1 Å². The average Bonchev–Trinajstić information content (AvgIpc) is 3.35. The minimum atomic E-state index is -0.243. The van der Waals surface area contributed by atoms with E-state index in [1.54, 1.807) is 28.9 Å². The number of thiophene rings is 1. The molecule has 2 fully saturated rings. The van der Waals surface area contributed by atoms with Crippen LogP contribution in [-0.4, -0.2) is 52.4 Å². The fraction of sp³-hybridized carbons (Fsp3) is 0.450. The van der Waals surface area contributed by atoms with Gasteiger partial charge < -0.3 is 20.5 Å². The fourth-order valence-corrected chi connectivity index (χ4v) is 5.50. The van der Waals surface area contributed by atoms with Gasteiger partial charge in [-0.25, -0.2) is 4.98 Å². The molecule has 3 aromatic rings. The highest BCUT2D eigenvalue weighted by Gasteiger charge is 2.26. The lowest BCUT2D eigenvalue weighted by atomic mass is 9.93. The van der Waals surface area contributed by atoms with Gasteiger partial charge in [-0.1, -0.05) is 0 Å². The third kappa shape index (κ3) is 3.87. The molecule has 2 aliphatic rings. The van der Waals surface area contributed by atoms with Crippen LogP contribution < -0.4 is 10.6 Å². The van der Waals surface area contributed by atoms with Crippen LogP contribution in [0.15, 0.2) is 24.0 Å². The molecule has 0 atom stereocenters. The zero-order chi connectivity index (χ0) is 19.8. The fourth-order valence-electron chi connectivity index (χ4n) is 3.78. The molecule has 1 saturated carbocycles. The summed E-state index contributed by atoms with van der Waals surface area (Å²) in [5.74, 6) is -0.117. The van der Waals surface area contributed by atoms with E-state index in [1.165, 1.54) is 0 Å². The highest BCUT2D eigenvalue weighted by atomic mass is 32.1. The van der Waals surface area contributed by atoms with Crippen LogP contribution in [0.1, 0.15) is 36.0 Å². The first-order valence-corrected chi connectivity index (χ1v) is 11.5. The summed E-state index contributed by atoms with van der Waals surface area (Å²) in [7, 11) is 0. The van der Waals surface area contributed by atoms with Gasteiger partial charge in [-0.15, -0.1) is 22.7 Å². The van der Waals surface area contributed by atoms with Gasteiger partial charge in [0.15, 0.2) is 0 Å². The number of carbonyl (C=O) groups excluding carboxylic acids is 1. The van der Waals surface area contributed by atoms with Crippen molar-refractivity contribution in [1.29, 1.82) is 0 Å². The first-order valence-electron chi connectivity index (χ1n) is 9.82. The standard InChI is InChI=1S/C20H22N4O3S2/c25-13-3-1-11(2-4-13)24-19(26)15-6-22-20-14(18(15)23-12-8-27-9-12)5-16(29-20)17-7-21-10-28-17/h5-7,10-13,25H,1-4,8-9H2,(H,22,23)(H,24,26). The van der Waals surface area contributed by atoms with Crippen molar-refractivity contribution in [2.24, 2.45) is 0 Å². The lowest BCUT2D eigenvalue weighted by molar-refractivity contribution is 0.0211. The van der Waals surface area contributed by atoms with Crippen molar-refractivity contribution >= 4 is 44.5 Å². The van der Waals surface area contributed by atoms with Gasteiger partial charge in [0.25, 0.3) is 5.91 Å². The lowest BCUT2D eigenvalue weighted by Gasteiger charge is -2.30. The van der Waals surface area contributed by atoms with E-state index in [0.717, 1.165) is 51.3 Å². The van der Waals surface area contributed by atoms with Gasteiger partial charge in [-0.2, -0.15) is 0 Å². The summed E-state index contributed by atoms with van der Waals surface area (Å²) in [6.07, 6.45) is 6.35. The van der Waals surface area contributed by atoms with Crippen molar-refractivity contribution < 1.29 is 14.6 Å². The molecule has 1 saturated heterocycles. The Morgan fingerprint density at radius 3 is 2.66 bits per heavy atom. The number of nitrogens with one attached hydrogen (secondary N) is 2. The van der Waals surface area contributed by atoms with Gasteiger partial charge in [-0.3, -0.25) is 9.78 Å². The summed E-state index contributed by atoms with van der Waals surface area (Å²) in [5, 5.41) is 17.3. The van der Waals surface area contributed by atoms with Crippen LogP contribution in [0.25, 0.3) is 20.0 Å². The number of ether oxygens (including phenoxy) is 1. The first kappa shape index (κ1) is 18.9. The van der Waals surface area contributed by atoms with Crippen molar-refractivity contribution in [3.05, 3.63) is 29.5 Å². The number of rotatable bonds is 5. The van der Waals surface area contributed by atoms with Crippen molar-refractivity contribution in [3.8, 4) is 9.75 Å². The van der Waals surface area contributed by atoms with Crippen molar-refractivity contribution in [2.75, 3.05) is 18.5 Å². The van der Waals surface area contributed by atoms with Crippen molar-refractivity contribution in [3.63, 3.8) is 0 Å². The largest absolute Gasteiger partial charge is 0.393 e. The van der Waals surface area contributed by atoms with E-state index in [4.69, 9.17) is 4.74 Å². The summed E-state index contributed by atoms with van der Waals surface area (Å²) >= 11 is 3.20. The van der Waals surface area contributed by atoms with Crippen LogP contribution in [0.2, 0.25) is 0 Å². The molecule has 0 unspecified atom stereocenters. The number of carbonyl (C=O) groups is 1. The topological polar surface area (TPSA) is 96.4 Å². The number of hydrogen-bond donors (Lipinski definition) is 3. The molecule has 1 aliphatic carbocycles. The molecular formula is C20H22N4O3S2. The maximum Gasteiger partial charge on any atom is 0.255 e. The van der Waals surface area contributed by atoms with Crippen LogP contribution in [-0.2, 0) is 4.74 Å². The number of aliphatic hydroxyl groups is 1. The number of pyridine rings is 1. The molecule has 1 aliphatic heterocycles. The second-order valence-electron chi connectivity index (χ2n) is 7.60. The van der Waals surface area contributed by atoms with E-state index in [2.05, 4.69) is 26.7 Å². The van der Waals surface area contributed by atoms with Crippen LogP contribution in [0.3, 0.4) is 0 Å². The van der Waals surface area contributed by atoms with E-state index < -0.39 is 0 Å². The Bertz CT molecular complexity index is 1010. The number of amides is 1. The van der Waals surface area contributed by atoms with Gasteiger partial charge in [0.2, 0.25) is 0 Å². The predicted molar refractivity (Wildman–Crippen MR) is 115 cm³/mol. The van der Waals surface area contributed by atoms with Gasteiger partial charge >= 0.3 is 0 Å². The molecule has 0 radical (unpaired) electrons. The molecule has 152 valence electrons. The third-order valence-electron chi connectivity index (χ3n) is 5.50. The number of nitrogens with zero attached hydrogens (tertiary/aromatic N) is 2. The first-order chi connectivity index (χ1) is 14.2. The van der Waals surface area contributed by atoms with Crippen LogP contribution in [0, 0.1) is 0 Å². The number of anilines is 1. The summed E-state index contributed by atoms with van der Waals surface area (Å²) in [6, 6.07) is 2.39. The monoisotopic (exact) mass is 430 g/mol. The third-order valence-corrected chi connectivity index (χ3v) is 7.51. The average molecular weight is 431 g/mol. The number of aromatic nitrogens is 2. The number of hydrogen-bond acceptors (Lipinski definition) is 8. The SMILES string of the molecule is O=C(NC1CCC(O)CC1)c1cnc2sc(-c3cncs3)cc2c1NC1COC1. The van der Waals surface area contributed by atoms with Crippen LogP contribution >= 0.6 is 22.7 Å². The molecule has 7 nitrogen and oxygen atoms in total. The van der Waals surface area contributed by atoms with E-state index in [1.807, 2.05) is 11.7 Å². The Labute approximate surface area is 176 Å². The van der Waals surface area contributed by atoms with E-state index in [0.29, 0.717) is 18.8 Å². The molecule has 0 spiro atoms. The molecule has 9 heteroatoms. The molecular weight excluding hydrogens is 408 g/mol. The van der Waals surface area contributed by atoms with Gasteiger partial charge in [-0.05, 0) is 31.7 Å². The molecule has 3 aromatic heterocycles. The van der Waals surface area contributed by atoms with E-state index in [9.17, 15) is 9.90 Å². The molecule has 4 heterocycles. The summed E-state index contributed by atoms with van der Waals surface area (Å²) in [4.78, 5) is 24.9. The van der Waals surface area contributed by atoms with Crippen molar-refractivity contribution in [2.45, 2.75) is 43.9 Å². The molecule has 5 rings (SSSR count). The number of aliphatic hydroxyl groups excluding tert-OH is 1. The highest BCUT2D eigenvalue weighted by molar-refractivity contribution is 7.25. The Kier molecular flexibility index (Phi) is 5.21. The molecule has 29 heavy (non-hydrogen) atoms. The summed E-state index contributed by atoms with van der Waals surface area (Å²) in [5.41, 5.74) is 3.20. The molecule has 1 amide bonds. The molecule has 0 aromatic carbocycles. The normalized spacial score (nSPS) is 22.4. The van der Waals surface area contributed by atoms with Crippen LogP contribution in [0.4, 0.5) is 5.69 Å². The maximum atomic E-state index is 13.1. The predicted octanol–water partition coefficient (Wildman–Crippen LogP) is 3.26. The second-order valence-corrected chi connectivity index (χ2v) is 9.52. The zero-order valence-electron chi connectivity index (χ0n) is 15.8. The smallest absolute Gasteiger partial charge is 0.255 e. The zero-order valence-corrected chi connectivity index (χ0v) is 17.4. The van der Waals surface area contributed by atoms with Gasteiger partial charge in [0, 0.05) is 28.7 Å². The highest BCUT2D eigenvalue weighted by Crippen LogP contribution is 2.39. The maximum absolute atomic E-state index is 13.1. The Morgan fingerprint density at radius 2 is 1.97 bits per heavy atom. The molecule has 3 N–H and O–H groups in total. The number of thiazole rings is 1. The Morgan fingerprint density at radius 1 is 1.14 bits per heavy atom. The van der Waals surface area contributed by atoms with E-state index >= 15 is 0 Å². The Balaban J connectivity index is 1.48. The minimum absolute atomic E-state index is 0.0942. The van der Waals surface area contributed by atoms with Crippen molar-refractivity contribution in [1.82, 2.24) is 15.3 Å². The van der Waals surface area contributed by atoms with Gasteiger partial charge in [0.05, 0.1) is 47.0 Å². The number of fused-ring (bicyclic) bond motifs is 1.